The maximum absolute atomic E-state index is 6.25. The molecule has 0 amide bonds. The quantitative estimate of drug-likeness (QED) is 0.736. The molecule has 0 spiro atoms. The van der Waals surface area contributed by atoms with Crippen molar-refractivity contribution in [1.82, 2.24) is 5.32 Å². The van der Waals surface area contributed by atoms with Gasteiger partial charge >= 0.3 is 0 Å². The van der Waals surface area contributed by atoms with E-state index in [0.717, 1.165) is 24.8 Å². The normalized spacial score (nSPS) is 12.6. The van der Waals surface area contributed by atoms with Crippen molar-refractivity contribution >= 4 is 34.5 Å². The van der Waals surface area contributed by atoms with Crippen molar-refractivity contribution in [1.29, 1.82) is 0 Å². The van der Waals surface area contributed by atoms with E-state index in [1.807, 2.05) is 30.5 Å². The van der Waals surface area contributed by atoms with E-state index in [1.165, 1.54) is 11.3 Å². The lowest BCUT2D eigenvalue weighted by atomic mass is 10.0. The fourth-order valence-electron chi connectivity index (χ4n) is 2.30. The standard InChI is InChI=1S/C16H19Cl2NS/c1-19-13(6-3-7-14-8-4-10-20-14)11-12-5-2-9-15(17)16(12)18/h2,4-5,8-10,13,19H,3,6-7,11H2,1H3. The predicted molar refractivity (Wildman–Crippen MR) is 90.3 cm³/mol. The lowest BCUT2D eigenvalue weighted by Gasteiger charge is -2.17. The van der Waals surface area contributed by atoms with Crippen LogP contribution in [0.5, 0.6) is 0 Å². The van der Waals surface area contributed by atoms with Gasteiger partial charge in [-0.15, -0.1) is 11.3 Å². The second kappa shape index (κ2) is 8.04. The van der Waals surface area contributed by atoms with Crippen molar-refractivity contribution in [3.05, 3.63) is 56.2 Å². The minimum atomic E-state index is 0.436. The van der Waals surface area contributed by atoms with Gasteiger partial charge in [-0.25, -0.2) is 0 Å². The summed E-state index contributed by atoms with van der Waals surface area (Å²) in [6.45, 7) is 0. The first-order valence-corrected chi connectivity index (χ1v) is 8.47. The fraction of sp³-hybridized carbons (Fsp3) is 0.375. The summed E-state index contributed by atoms with van der Waals surface area (Å²) in [4.78, 5) is 1.46. The monoisotopic (exact) mass is 327 g/mol. The Morgan fingerprint density at radius 3 is 2.75 bits per heavy atom. The van der Waals surface area contributed by atoms with Gasteiger partial charge in [-0.05, 0) is 55.8 Å². The smallest absolute Gasteiger partial charge is 0.0624 e. The SMILES string of the molecule is CNC(CCCc1cccs1)Cc1cccc(Cl)c1Cl. The molecule has 20 heavy (non-hydrogen) atoms. The van der Waals surface area contributed by atoms with E-state index in [1.54, 1.807) is 0 Å². The summed E-state index contributed by atoms with van der Waals surface area (Å²) in [5, 5.41) is 6.84. The fourth-order valence-corrected chi connectivity index (χ4v) is 3.45. The summed E-state index contributed by atoms with van der Waals surface area (Å²) >= 11 is 14.1. The Labute approximate surface area is 134 Å². The second-order valence-corrected chi connectivity index (χ2v) is 6.69. The molecule has 1 atom stereocenters. The molecular formula is C16H19Cl2NS. The van der Waals surface area contributed by atoms with Crippen LogP contribution in [0.4, 0.5) is 0 Å². The van der Waals surface area contributed by atoms with Crippen LogP contribution in [0.1, 0.15) is 23.3 Å². The van der Waals surface area contributed by atoms with Crippen LogP contribution in [0, 0.1) is 0 Å². The molecule has 4 heteroatoms. The summed E-state index contributed by atoms with van der Waals surface area (Å²) in [6.07, 6.45) is 4.39. The maximum Gasteiger partial charge on any atom is 0.0624 e. The van der Waals surface area contributed by atoms with Crippen molar-refractivity contribution in [3.8, 4) is 0 Å². The van der Waals surface area contributed by atoms with E-state index in [9.17, 15) is 0 Å². The third-order valence-corrected chi connectivity index (χ3v) is 5.26. The number of thiophene rings is 1. The van der Waals surface area contributed by atoms with Crippen LogP contribution in [0.2, 0.25) is 10.0 Å². The summed E-state index contributed by atoms with van der Waals surface area (Å²) in [5.41, 5.74) is 1.12. The Bertz CT molecular complexity index is 525. The molecule has 0 saturated heterocycles. The van der Waals surface area contributed by atoms with Gasteiger partial charge in [0.15, 0.2) is 0 Å². The third-order valence-electron chi connectivity index (χ3n) is 3.46. The first-order valence-electron chi connectivity index (χ1n) is 6.83. The minimum Gasteiger partial charge on any atom is -0.317 e. The Balaban J connectivity index is 1.87. The Morgan fingerprint density at radius 2 is 2.05 bits per heavy atom. The van der Waals surface area contributed by atoms with Crippen molar-refractivity contribution in [2.24, 2.45) is 0 Å². The third kappa shape index (κ3) is 4.49. The van der Waals surface area contributed by atoms with Crippen molar-refractivity contribution in [3.63, 3.8) is 0 Å². The van der Waals surface area contributed by atoms with Crippen molar-refractivity contribution in [2.75, 3.05) is 7.05 Å². The molecule has 0 aliphatic heterocycles. The highest BCUT2D eigenvalue weighted by Crippen LogP contribution is 2.27. The predicted octanol–water partition coefficient (Wildman–Crippen LogP) is 5.21. The molecule has 0 saturated carbocycles. The average molecular weight is 328 g/mol. The molecule has 2 rings (SSSR count). The summed E-state index contributed by atoms with van der Waals surface area (Å²) in [6, 6.07) is 10.6. The van der Waals surface area contributed by atoms with Gasteiger partial charge in [0.05, 0.1) is 10.0 Å². The van der Waals surface area contributed by atoms with Gasteiger partial charge in [0.2, 0.25) is 0 Å². The molecule has 1 aromatic heterocycles. The molecule has 1 heterocycles. The molecule has 2 aromatic rings. The number of hydrogen-bond donors (Lipinski definition) is 1. The van der Waals surface area contributed by atoms with E-state index in [2.05, 4.69) is 28.9 Å². The second-order valence-electron chi connectivity index (χ2n) is 4.87. The Kier molecular flexibility index (Phi) is 6.37. The highest BCUT2D eigenvalue weighted by molar-refractivity contribution is 7.09. The van der Waals surface area contributed by atoms with Crippen LogP contribution in [-0.2, 0) is 12.8 Å². The molecule has 1 aromatic carbocycles. The van der Waals surface area contributed by atoms with Crippen LogP contribution in [0.15, 0.2) is 35.7 Å². The number of benzene rings is 1. The first kappa shape index (κ1) is 15.8. The van der Waals surface area contributed by atoms with Crippen LogP contribution >= 0.6 is 34.5 Å². The Morgan fingerprint density at radius 1 is 1.20 bits per heavy atom. The van der Waals surface area contributed by atoms with E-state index in [4.69, 9.17) is 23.2 Å². The Hall–Kier alpha value is -0.540. The summed E-state index contributed by atoms with van der Waals surface area (Å²) < 4.78 is 0. The van der Waals surface area contributed by atoms with Crippen molar-refractivity contribution < 1.29 is 0 Å². The zero-order valence-electron chi connectivity index (χ0n) is 11.5. The lowest BCUT2D eigenvalue weighted by molar-refractivity contribution is 0.503. The maximum atomic E-state index is 6.25. The van der Waals surface area contributed by atoms with Crippen molar-refractivity contribution in [2.45, 2.75) is 31.7 Å². The lowest BCUT2D eigenvalue weighted by Crippen LogP contribution is -2.27. The first-order chi connectivity index (χ1) is 9.70. The number of rotatable bonds is 7. The molecule has 0 radical (unpaired) electrons. The molecule has 0 fully saturated rings. The van der Waals surface area contributed by atoms with E-state index >= 15 is 0 Å². The van der Waals surface area contributed by atoms with Gasteiger partial charge in [-0.1, -0.05) is 41.4 Å². The van der Waals surface area contributed by atoms with Crippen LogP contribution in [-0.4, -0.2) is 13.1 Å². The van der Waals surface area contributed by atoms with Crippen LogP contribution < -0.4 is 5.32 Å². The molecule has 1 N–H and O–H groups in total. The van der Waals surface area contributed by atoms with Gasteiger partial charge in [0.25, 0.3) is 0 Å². The molecule has 1 nitrogen and oxygen atoms in total. The van der Waals surface area contributed by atoms with E-state index < -0.39 is 0 Å². The molecule has 1 unspecified atom stereocenters. The van der Waals surface area contributed by atoms with Crippen LogP contribution in [0.25, 0.3) is 0 Å². The van der Waals surface area contributed by atoms with E-state index in [-0.39, 0.29) is 0 Å². The molecule has 0 bridgehead atoms. The topological polar surface area (TPSA) is 12.0 Å². The highest BCUT2D eigenvalue weighted by Gasteiger charge is 2.11. The summed E-state index contributed by atoms with van der Waals surface area (Å²) in [7, 11) is 2.01. The van der Waals surface area contributed by atoms with Gasteiger partial charge in [-0.3, -0.25) is 0 Å². The largest absolute Gasteiger partial charge is 0.317 e. The number of hydrogen-bond acceptors (Lipinski definition) is 2. The van der Waals surface area contributed by atoms with Gasteiger partial charge in [0, 0.05) is 10.9 Å². The van der Waals surface area contributed by atoms with E-state index in [0.29, 0.717) is 16.1 Å². The molecule has 0 aliphatic rings. The van der Waals surface area contributed by atoms with Gasteiger partial charge in [-0.2, -0.15) is 0 Å². The molecule has 108 valence electrons. The van der Waals surface area contributed by atoms with Crippen LogP contribution in [0.3, 0.4) is 0 Å². The molecule has 0 aliphatic carbocycles. The zero-order valence-corrected chi connectivity index (χ0v) is 13.9. The summed E-state index contributed by atoms with van der Waals surface area (Å²) in [5.74, 6) is 0. The number of likely N-dealkylation sites (N-methyl/N-ethyl adjacent to an activating group) is 1. The number of aryl methyl sites for hydroxylation is 1. The number of nitrogens with one attached hydrogen (secondary N) is 1. The minimum absolute atomic E-state index is 0.436. The van der Waals surface area contributed by atoms with Gasteiger partial charge < -0.3 is 5.32 Å². The molecular weight excluding hydrogens is 309 g/mol. The zero-order chi connectivity index (χ0) is 14.4. The highest BCUT2D eigenvalue weighted by atomic mass is 35.5. The average Bonchev–Trinajstić information content (AvgIpc) is 2.95. The number of halogens is 2. The van der Waals surface area contributed by atoms with Gasteiger partial charge in [0.1, 0.15) is 0 Å².